The number of halogens is 2. The first kappa shape index (κ1) is 15.8. The molecule has 2 rings (SSSR count). The van der Waals surface area contributed by atoms with Crippen LogP contribution in [0.15, 0.2) is 21.6 Å². The van der Waals surface area contributed by atoms with Gasteiger partial charge in [-0.1, -0.05) is 37.5 Å². The van der Waals surface area contributed by atoms with Crippen LogP contribution in [-0.4, -0.2) is 0 Å². The Kier molecular flexibility index (Phi) is 6.20. The van der Waals surface area contributed by atoms with E-state index in [2.05, 4.69) is 57.0 Å². The average molecular weight is 390 g/mol. The van der Waals surface area contributed by atoms with Crippen LogP contribution >= 0.6 is 31.9 Å². The molecule has 2 saturated carbocycles. The summed E-state index contributed by atoms with van der Waals surface area (Å²) in [6, 6.07) is 0. The quantitative estimate of drug-likeness (QED) is 0.458. The second-order valence-electron chi connectivity index (χ2n) is 6.37. The average Bonchev–Trinajstić information content (AvgIpc) is 2.40. The summed E-state index contributed by atoms with van der Waals surface area (Å²) >= 11 is 7.23. The molecule has 19 heavy (non-hydrogen) atoms. The van der Waals surface area contributed by atoms with E-state index >= 15 is 0 Å². The van der Waals surface area contributed by atoms with Crippen LogP contribution in [0.2, 0.25) is 0 Å². The van der Waals surface area contributed by atoms with Gasteiger partial charge in [0.2, 0.25) is 0 Å². The van der Waals surface area contributed by atoms with Crippen molar-refractivity contribution in [2.45, 2.75) is 64.7 Å². The van der Waals surface area contributed by atoms with Crippen molar-refractivity contribution in [2.75, 3.05) is 0 Å². The molecule has 2 heteroatoms. The van der Waals surface area contributed by atoms with Gasteiger partial charge in [0.15, 0.2) is 0 Å². The van der Waals surface area contributed by atoms with Gasteiger partial charge in [-0.15, -0.1) is 0 Å². The molecule has 108 valence electrons. The van der Waals surface area contributed by atoms with E-state index in [0.717, 1.165) is 15.2 Å². The van der Waals surface area contributed by atoms with E-state index in [4.69, 9.17) is 0 Å². The molecule has 0 atom stereocenters. The Bertz CT molecular complexity index is 325. The summed E-state index contributed by atoms with van der Waals surface area (Å²) in [5.41, 5.74) is 0.474. The van der Waals surface area contributed by atoms with Gasteiger partial charge in [0, 0.05) is 0 Å². The standard InChI is InChI=1S/C17H26Br2/c1-2-6-14-7-9-15(10-8-14)17(13-16(18)19)11-4-3-5-12-17/h2,6,13-15H,3-5,7-12H2,1H3/b6-2+. The number of hydrogen-bond donors (Lipinski definition) is 0. The fraction of sp³-hybridized carbons (Fsp3) is 0.765. The van der Waals surface area contributed by atoms with Gasteiger partial charge in [0.05, 0.1) is 3.39 Å². The predicted molar refractivity (Wildman–Crippen MR) is 91.7 cm³/mol. The lowest BCUT2D eigenvalue weighted by Gasteiger charge is -2.44. The molecule has 0 N–H and O–H groups in total. The Morgan fingerprint density at radius 2 is 1.63 bits per heavy atom. The summed E-state index contributed by atoms with van der Waals surface area (Å²) in [6.07, 6.45) is 19.8. The van der Waals surface area contributed by atoms with E-state index in [1.54, 1.807) is 0 Å². The Labute approximate surface area is 135 Å². The van der Waals surface area contributed by atoms with Crippen molar-refractivity contribution >= 4 is 31.9 Å². The third kappa shape index (κ3) is 4.20. The lowest BCUT2D eigenvalue weighted by molar-refractivity contribution is 0.109. The molecular formula is C17H26Br2. The molecule has 2 aliphatic rings. The van der Waals surface area contributed by atoms with Gasteiger partial charge < -0.3 is 0 Å². The van der Waals surface area contributed by atoms with E-state index < -0.39 is 0 Å². The first-order valence-electron chi connectivity index (χ1n) is 7.83. The van der Waals surface area contributed by atoms with Crippen LogP contribution in [0.3, 0.4) is 0 Å². The summed E-state index contributed by atoms with van der Waals surface area (Å²) in [6.45, 7) is 2.15. The molecule has 0 nitrogen and oxygen atoms in total. The lowest BCUT2D eigenvalue weighted by Crippen LogP contribution is -2.34. The Balaban J connectivity index is 2.06. The highest BCUT2D eigenvalue weighted by Gasteiger charge is 2.39. The first-order valence-corrected chi connectivity index (χ1v) is 9.41. The van der Waals surface area contributed by atoms with Crippen molar-refractivity contribution in [1.29, 1.82) is 0 Å². The van der Waals surface area contributed by atoms with Crippen LogP contribution < -0.4 is 0 Å². The topological polar surface area (TPSA) is 0 Å². The second kappa shape index (κ2) is 7.45. The molecule has 0 radical (unpaired) electrons. The summed E-state index contributed by atoms with van der Waals surface area (Å²) in [5, 5.41) is 0. The monoisotopic (exact) mass is 388 g/mol. The molecule has 0 aromatic heterocycles. The summed E-state index contributed by atoms with van der Waals surface area (Å²) in [4.78, 5) is 0. The van der Waals surface area contributed by atoms with Gasteiger partial charge >= 0.3 is 0 Å². The van der Waals surface area contributed by atoms with E-state index in [1.807, 2.05) is 0 Å². The Morgan fingerprint density at radius 1 is 1.00 bits per heavy atom. The summed E-state index contributed by atoms with van der Waals surface area (Å²) in [7, 11) is 0. The molecule has 0 bridgehead atoms. The largest absolute Gasteiger partial charge is 0.0914 e. The molecule has 0 unspecified atom stereocenters. The number of rotatable bonds is 3. The zero-order valence-electron chi connectivity index (χ0n) is 12.0. The van der Waals surface area contributed by atoms with E-state index in [-0.39, 0.29) is 0 Å². The smallest absolute Gasteiger partial charge is 0.0570 e. The lowest BCUT2D eigenvalue weighted by atomic mass is 9.61. The summed E-state index contributed by atoms with van der Waals surface area (Å²) in [5.74, 6) is 1.75. The van der Waals surface area contributed by atoms with Gasteiger partial charge in [-0.2, -0.15) is 0 Å². The van der Waals surface area contributed by atoms with Crippen molar-refractivity contribution < 1.29 is 0 Å². The molecule has 0 aliphatic heterocycles. The predicted octanol–water partition coefficient (Wildman–Crippen LogP) is 6.95. The fourth-order valence-corrected chi connectivity index (χ4v) is 5.17. The van der Waals surface area contributed by atoms with Crippen LogP contribution in [0.25, 0.3) is 0 Å². The van der Waals surface area contributed by atoms with Gasteiger partial charge in [-0.05, 0) is 94.6 Å². The molecule has 2 aliphatic carbocycles. The molecule has 0 amide bonds. The fourth-order valence-electron chi connectivity index (χ4n) is 4.26. The van der Waals surface area contributed by atoms with Crippen molar-refractivity contribution in [1.82, 2.24) is 0 Å². The van der Waals surface area contributed by atoms with Gasteiger partial charge in [-0.25, -0.2) is 0 Å². The van der Waals surface area contributed by atoms with Crippen LogP contribution in [0.1, 0.15) is 64.7 Å². The maximum Gasteiger partial charge on any atom is 0.0570 e. The maximum atomic E-state index is 3.62. The molecule has 0 heterocycles. The maximum absolute atomic E-state index is 3.62. The van der Waals surface area contributed by atoms with E-state index in [9.17, 15) is 0 Å². The van der Waals surface area contributed by atoms with Crippen molar-refractivity contribution in [3.8, 4) is 0 Å². The third-order valence-electron chi connectivity index (χ3n) is 5.23. The SMILES string of the molecule is C/C=C/C1CCC(C2(C=C(Br)Br)CCCCC2)CC1. The van der Waals surface area contributed by atoms with E-state index in [0.29, 0.717) is 5.41 Å². The van der Waals surface area contributed by atoms with Crippen LogP contribution in [-0.2, 0) is 0 Å². The molecular weight excluding hydrogens is 364 g/mol. The molecule has 0 aromatic rings. The van der Waals surface area contributed by atoms with Crippen molar-refractivity contribution in [3.05, 3.63) is 21.6 Å². The number of hydrogen-bond acceptors (Lipinski definition) is 0. The minimum atomic E-state index is 0.474. The highest BCUT2D eigenvalue weighted by atomic mass is 79.9. The normalized spacial score (nSPS) is 31.3. The third-order valence-corrected chi connectivity index (χ3v) is 5.69. The van der Waals surface area contributed by atoms with E-state index in [1.165, 1.54) is 57.8 Å². The molecule has 2 fully saturated rings. The molecule has 0 aromatic carbocycles. The minimum Gasteiger partial charge on any atom is -0.0914 e. The molecule has 0 saturated heterocycles. The van der Waals surface area contributed by atoms with Crippen LogP contribution in [0.4, 0.5) is 0 Å². The van der Waals surface area contributed by atoms with Crippen molar-refractivity contribution in [2.24, 2.45) is 17.3 Å². The Hall–Kier alpha value is 0.440. The highest BCUT2D eigenvalue weighted by molar-refractivity contribution is 9.28. The van der Waals surface area contributed by atoms with Gasteiger partial charge in [0.1, 0.15) is 0 Å². The Morgan fingerprint density at radius 3 is 2.16 bits per heavy atom. The number of allylic oxidation sites excluding steroid dienone is 3. The van der Waals surface area contributed by atoms with Gasteiger partial charge in [-0.3, -0.25) is 0 Å². The zero-order valence-corrected chi connectivity index (χ0v) is 15.2. The van der Waals surface area contributed by atoms with Gasteiger partial charge in [0.25, 0.3) is 0 Å². The zero-order chi connectivity index (χ0) is 13.7. The second-order valence-corrected chi connectivity index (χ2v) is 9.14. The van der Waals surface area contributed by atoms with Crippen LogP contribution in [0.5, 0.6) is 0 Å². The summed E-state index contributed by atoms with van der Waals surface area (Å²) < 4.78 is 1.16. The highest BCUT2D eigenvalue weighted by Crippen LogP contribution is 2.51. The minimum absolute atomic E-state index is 0.474. The molecule has 0 spiro atoms. The van der Waals surface area contributed by atoms with Crippen LogP contribution in [0, 0.1) is 17.3 Å². The first-order chi connectivity index (χ1) is 9.16. The van der Waals surface area contributed by atoms with Crippen molar-refractivity contribution in [3.63, 3.8) is 0 Å².